The first-order chi connectivity index (χ1) is 9.70. The van der Waals surface area contributed by atoms with E-state index in [4.69, 9.17) is 0 Å². The van der Waals surface area contributed by atoms with Crippen molar-refractivity contribution >= 4 is 0 Å². The van der Waals surface area contributed by atoms with E-state index in [-0.39, 0.29) is 12.6 Å². The molecular formula is C17H21NO2. The predicted molar refractivity (Wildman–Crippen MR) is 80.7 cm³/mol. The number of aromatic hydroxyl groups is 1. The van der Waals surface area contributed by atoms with Gasteiger partial charge in [-0.3, -0.25) is 0 Å². The number of phenols is 1. The van der Waals surface area contributed by atoms with Gasteiger partial charge in [0.15, 0.2) is 0 Å². The van der Waals surface area contributed by atoms with Crippen molar-refractivity contribution in [1.29, 1.82) is 0 Å². The van der Waals surface area contributed by atoms with E-state index in [0.717, 1.165) is 17.5 Å². The van der Waals surface area contributed by atoms with Gasteiger partial charge in [-0.05, 0) is 24.5 Å². The Hall–Kier alpha value is -1.84. The van der Waals surface area contributed by atoms with Crippen LogP contribution in [0.1, 0.15) is 16.7 Å². The maximum atomic E-state index is 9.97. The van der Waals surface area contributed by atoms with Gasteiger partial charge in [0, 0.05) is 18.2 Å². The smallest absolute Gasteiger partial charge is 0.122 e. The van der Waals surface area contributed by atoms with E-state index in [0.29, 0.717) is 12.3 Å². The largest absolute Gasteiger partial charge is 0.507 e. The van der Waals surface area contributed by atoms with Crippen LogP contribution in [0, 0.1) is 6.92 Å². The highest BCUT2D eigenvalue weighted by Crippen LogP contribution is 2.21. The van der Waals surface area contributed by atoms with E-state index >= 15 is 0 Å². The van der Waals surface area contributed by atoms with E-state index in [1.807, 2.05) is 43.3 Å². The predicted octanol–water partition coefficient (Wildman–Crippen LogP) is 2.39. The lowest BCUT2D eigenvalue weighted by Crippen LogP contribution is -2.34. The standard InChI is InChI=1S/C17H21NO2/c1-13-6-5-9-15(17(13)20)11-18-16(12-19)10-14-7-3-2-4-8-14/h2-9,16,18-20H,10-12H2,1H3. The second-order valence-corrected chi connectivity index (χ2v) is 5.03. The average Bonchev–Trinajstić information content (AvgIpc) is 2.48. The fourth-order valence-electron chi connectivity index (χ4n) is 2.22. The van der Waals surface area contributed by atoms with Crippen molar-refractivity contribution < 1.29 is 10.2 Å². The summed E-state index contributed by atoms with van der Waals surface area (Å²) in [7, 11) is 0. The Bertz CT molecular complexity index is 540. The molecule has 0 heterocycles. The summed E-state index contributed by atoms with van der Waals surface area (Å²) in [5, 5.41) is 22.7. The summed E-state index contributed by atoms with van der Waals surface area (Å²) in [6.07, 6.45) is 0.768. The molecule has 0 spiro atoms. The summed E-state index contributed by atoms with van der Waals surface area (Å²) in [6.45, 7) is 2.50. The van der Waals surface area contributed by atoms with Gasteiger partial charge < -0.3 is 15.5 Å². The lowest BCUT2D eigenvalue weighted by atomic mass is 10.1. The molecule has 2 aromatic carbocycles. The van der Waals surface area contributed by atoms with Crippen molar-refractivity contribution in [2.45, 2.75) is 25.9 Å². The van der Waals surface area contributed by atoms with Crippen molar-refractivity contribution in [3.8, 4) is 5.75 Å². The zero-order chi connectivity index (χ0) is 14.4. The second-order valence-electron chi connectivity index (χ2n) is 5.03. The highest BCUT2D eigenvalue weighted by Gasteiger charge is 2.10. The number of aliphatic hydroxyl groups excluding tert-OH is 1. The van der Waals surface area contributed by atoms with Crippen LogP contribution in [0.15, 0.2) is 48.5 Å². The Morgan fingerprint density at radius 2 is 1.80 bits per heavy atom. The first-order valence-corrected chi connectivity index (χ1v) is 6.86. The third kappa shape index (κ3) is 3.83. The molecule has 0 aliphatic heterocycles. The fourth-order valence-corrected chi connectivity index (χ4v) is 2.22. The molecule has 106 valence electrons. The number of phenolic OH excluding ortho intramolecular Hbond substituents is 1. The number of hydrogen-bond donors (Lipinski definition) is 3. The molecule has 0 radical (unpaired) electrons. The summed E-state index contributed by atoms with van der Waals surface area (Å²) < 4.78 is 0. The van der Waals surface area contributed by atoms with E-state index in [1.54, 1.807) is 0 Å². The second kappa shape index (κ2) is 7.08. The molecule has 3 N–H and O–H groups in total. The van der Waals surface area contributed by atoms with Crippen LogP contribution in [0.2, 0.25) is 0 Å². The number of benzene rings is 2. The topological polar surface area (TPSA) is 52.5 Å². The average molecular weight is 271 g/mol. The van der Waals surface area contributed by atoms with Gasteiger partial charge in [-0.15, -0.1) is 0 Å². The van der Waals surface area contributed by atoms with E-state index in [2.05, 4.69) is 17.4 Å². The number of aliphatic hydroxyl groups is 1. The number of hydrogen-bond acceptors (Lipinski definition) is 3. The molecule has 0 saturated carbocycles. The number of aryl methyl sites for hydroxylation is 1. The molecule has 1 unspecified atom stereocenters. The fraction of sp³-hybridized carbons (Fsp3) is 0.294. The number of nitrogens with one attached hydrogen (secondary N) is 1. The summed E-state index contributed by atoms with van der Waals surface area (Å²) in [5.41, 5.74) is 2.91. The maximum Gasteiger partial charge on any atom is 0.122 e. The Balaban J connectivity index is 1.95. The Labute approximate surface area is 119 Å². The molecule has 0 fully saturated rings. The Kier molecular flexibility index (Phi) is 5.16. The number of rotatable bonds is 6. The van der Waals surface area contributed by atoms with Crippen molar-refractivity contribution in [2.75, 3.05) is 6.61 Å². The molecule has 0 amide bonds. The van der Waals surface area contributed by atoms with Gasteiger partial charge in [0.2, 0.25) is 0 Å². The molecule has 0 aliphatic carbocycles. The van der Waals surface area contributed by atoms with Gasteiger partial charge >= 0.3 is 0 Å². The van der Waals surface area contributed by atoms with Crippen LogP contribution in [0.5, 0.6) is 5.75 Å². The van der Waals surface area contributed by atoms with Gasteiger partial charge in [-0.25, -0.2) is 0 Å². The first kappa shape index (κ1) is 14.6. The molecule has 3 heteroatoms. The van der Waals surface area contributed by atoms with E-state index in [9.17, 15) is 10.2 Å². The quantitative estimate of drug-likeness (QED) is 0.756. The lowest BCUT2D eigenvalue weighted by molar-refractivity contribution is 0.240. The van der Waals surface area contributed by atoms with Gasteiger partial charge in [0.1, 0.15) is 5.75 Å². The van der Waals surface area contributed by atoms with E-state index < -0.39 is 0 Å². The van der Waals surface area contributed by atoms with Crippen LogP contribution in [0.4, 0.5) is 0 Å². The Morgan fingerprint density at radius 1 is 1.05 bits per heavy atom. The molecule has 3 nitrogen and oxygen atoms in total. The number of para-hydroxylation sites is 1. The van der Waals surface area contributed by atoms with Crippen molar-refractivity contribution in [2.24, 2.45) is 0 Å². The summed E-state index contributed by atoms with van der Waals surface area (Å²) >= 11 is 0. The minimum atomic E-state index is -0.0164. The van der Waals surface area contributed by atoms with Crippen LogP contribution in [0.25, 0.3) is 0 Å². The molecule has 0 aromatic heterocycles. The van der Waals surface area contributed by atoms with Crippen molar-refractivity contribution in [3.05, 3.63) is 65.2 Å². The van der Waals surface area contributed by atoms with Gasteiger partial charge in [0.05, 0.1) is 6.61 Å². The summed E-state index contributed by atoms with van der Waals surface area (Å²) in [5.74, 6) is 0.330. The molecule has 2 aromatic rings. The van der Waals surface area contributed by atoms with Gasteiger partial charge in [-0.1, -0.05) is 48.5 Å². The van der Waals surface area contributed by atoms with Crippen molar-refractivity contribution in [1.82, 2.24) is 5.32 Å². The molecule has 2 rings (SSSR count). The molecule has 0 bridgehead atoms. The maximum absolute atomic E-state index is 9.97. The molecule has 0 saturated heterocycles. The zero-order valence-corrected chi connectivity index (χ0v) is 11.7. The minimum absolute atomic E-state index is 0.0164. The van der Waals surface area contributed by atoms with E-state index in [1.165, 1.54) is 5.56 Å². The summed E-state index contributed by atoms with van der Waals surface area (Å²) in [6, 6.07) is 15.8. The normalized spacial score (nSPS) is 12.3. The highest BCUT2D eigenvalue weighted by molar-refractivity contribution is 5.39. The van der Waals surface area contributed by atoms with Crippen LogP contribution >= 0.6 is 0 Å². The van der Waals surface area contributed by atoms with Gasteiger partial charge in [-0.2, -0.15) is 0 Å². The van der Waals surface area contributed by atoms with Crippen LogP contribution in [0.3, 0.4) is 0 Å². The molecule has 1 atom stereocenters. The summed E-state index contributed by atoms with van der Waals surface area (Å²) in [4.78, 5) is 0. The SMILES string of the molecule is Cc1cccc(CNC(CO)Cc2ccccc2)c1O. The van der Waals surface area contributed by atoms with Crippen molar-refractivity contribution in [3.63, 3.8) is 0 Å². The zero-order valence-electron chi connectivity index (χ0n) is 11.7. The van der Waals surface area contributed by atoms with Crippen LogP contribution < -0.4 is 5.32 Å². The molecule has 0 aliphatic rings. The first-order valence-electron chi connectivity index (χ1n) is 6.86. The molecule has 20 heavy (non-hydrogen) atoms. The Morgan fingerprint density at radius 3 is 2.50 bits per heavy atom. The monoisotopic (exact) mass is 271 g/mol. The third-order valence-corrected chi connectivity index (χ3v) is 3.45. The van der Waals surface area contributed by atoms with Gasteiger partial charge in [0.25, 0.3) is 0 Å². The third-order valence-electron chi connectivity index (χ3n) is 3.45. The highest BCUT2D eigenvalue weighted by atomic mass is 16.3. The lowest BCUT2D eigenvalue weighted by Gasteiger charge is -2.17. The molecular weight excluding hydrogens is 250 g/mol. The van der Waals surface area contributed by atoms with Crippen LogP contribution in [-0.2, 0) is 13.0 Å². The minimum Gasteiger partial charge on any atom is -0.507 e. The van der Waals surface area contributed by atoms with Crippen LogP contribution in [-0.4, -0.2) is 22.9 Å².